The molecule has 0 unspecified atom stereocenters. The minimum Gasteiger partial charge on any atom is -0.370 e. The fourth-order valence-corrected chi connectivity index (χ4v) is 4.91. The van der Waals surface area contributed by atoms with Gasteiger partial charge in [-0.25, -0.2) is 18.4 Å². The highest BCUT2D eigenvalue weighted by Crippen LogP contribution is 2.36. The second kappa shape index (κ2) is 8.68. The van der Waals surface area contributed by atoms with Crippen LogP contribution in [0.3, 0.4) is 0 Å². The van der Waals surface area contributed by atoms with Crippen molar-refractivity contribution in [1.29, 1.82) is 0 Å². The average Bonchev–Trinajstić information content (AvgIpc) is 3.11. The first kappa shape index (κ1) is 21.1. The minimum absolute atomic E-state index is 0. The van der Waals surface area contributed by atoms with Crippen molar-refractivity contribution in [2.75, 3.05) is 43.9 Å². The van der Waals surface area contributed by atoms with Gasteiger partial charge in [-0.1, -0.05) is 12.8 Å². The Labute approximate surface area is 172 Å². The second-order valence-corrected chi connectivity index (χ2v) is 9.27. The van der Waals surface area contributed by atoms with Crippen LogP contribution in [0.5, 0.6) is 0 Å². The highest BCUT2D eigenvalue weighted by molar-refractivity contribution is 14.0. The molecule has 146 valence electrons. The van der Waals surface area contributed by atoms with Gasteiger partial charge in [-0.2, -0.15) is 0 Å². The summed E-state index contributed by atoms with van der Waals surface area (Å²) in [5.74, 6) is 1.16. The molecule has 1 aliphatic carbocycles. The molecule has 0 amide bonds. The van der Waals surface area contributed by atoms with Crippen molar-refractivity contribution in [3.63, 3.8) is 0 Å². The number of hydrogen-bond acceptors (Lipinski definition) is 6. The lowest BCUT2D eigenvalue weighted by Gasteiger charge is -2.35. The van der Waals surface area contributed by atoms with Crippen molar-refractivity contribution in [3.05, 3.63) is 18.5 Å². The topological polar surface area (TPSA) is 105 Å². The molecule has 8 nitrogen and oxygen atoms in total. The molecule has 1 aliphatic heterocycles. The van der Waals surface area contributed by atoms with Crippen molar-refractivity contribution in [2.24, 2.45) is 10.7 Å². The van der Waals surface area contributed by atoms with Crippen LogP contribution in [-0.2, 0) is 9.84 Å². The molecular formula is C16H27IN6O2S. The molecule has 0 aromatic carbocycles. The fourth-order valence-electron chi connectivity index (χ4n) is 3.58. The molecule has 2 heterocycles. The van der Waals surface area contributed by atoms with Crippen LogP contribution < -0.4 is 10.6 Å². The van der Waals surface area contributed by atoms with Gasteiger partial charge in [0.2, 0.25) is 5.95 Å². The van der Waals surface area contributed by atoms with E-state index in [2.05, 4.69) is 19.9 Å². The maximum Gasteiger partial charge on any atom is 0.225 e. The second-order valence-electron chi connectivity index (χ2n) is 6.86. The van der Waals surface area contributed by atoms with E-state index in [9.17, 15) is 8.42 Å². The number of rotatable bonds is 4. The highest BCUT2D eigenvalue weighted by atomic mass is 127. The van der Waals surface area contributed by atoms with Gasteiger partial charge >= 0.3 is 0 Å². The summed E-state index contributed by atoms with van der Waals surface area (Å²) in [6, 6.07) is 1.80. The van der Waals surface area contributed by atoms with E-state index in [4.69, 9.17) is 5.73 Å². The first-order chi connectivity index (χ1) is 11.9. The third-order valence-corrected chi connectivity index (χ3v) is 7.38. The number of halogens is 1. The minimum atomic E-state index is -3.14. The van der Waals surface area contributed by atoms with Crippen molar-refractivity contribution in [2.45, 2.75) is 30.4 Å². The van der Waals surface area contributed by atoms with Gasteiger partial charge < -0.3 is 15.5 Å². The Balaban J connectivity index is 0.00000243. The monoisotopic (exact) mass is 494 g/mol. The molecule has 0 radical (unpaired) electrons. The van der Waals surface area contributed by atoms with Crippen LogP contribution in [0.25, 0.3) is 0 Å². The summed E-state index contributed by atoms with van der Waals surface area (Å²) < 4.78 is 23.7. The lowest BCUT2D eigenvalue weighted by atomic mass is 10.1. The van der Waals surface area contributed by atoms with Gasteiger partial charge in [-0.15, -0.1) is 24.0 Å². The molecule has 1 saturated carbocycles. The summed E-state index contributed by atoms with van der Waals surface area (Å²) >= 11 is 0. The van der Waals surface area contributed by atoms with E-state index in [1.54, 1.807) is 18.5 Å². The van der Waals surface area contributed by atoms with Crippen LogP contribution >= 0.6 is 24.0 Å². The van der Waals surface area contributed by atoms with Gasteiger partial charge in [0, 0.05) is 44.8 Å². The number of aromatic nitrogens is 2. The molecule has 2 aliphatic rings. The average molecular weight is 494 g/mol. The fraction of sp³-hybridized carbons (Fsp3) is 0.688. The predicted octanol–water partition coefficient (Wildman–Crippen LogP) is 0.889. The Morgan fingerprint density at radius 1 is 1.19 bits per heavy atom. The Hall–Kier alpha value is -1.17. The maximum absolute atomic E-state index is 12.2. The molecule has 0 atom stereocenters. The highest BCUT2D eigenvalue weighted by Gasteiger charge is 2.43. The molecule has 0 spiro atoms. The van der Waals surface area contributed by atoms with Gasteiger partial charge in [0.1, 0.15) is 0 Å². The summed E-state index contributed by atoms with van der Waals surface area (Å²) in [4.78, 5) is 17.1. The van der Waals surface area contributed by atoms with E-state index in [0.717, 1.165) is 45.0 Å². The normalized spacial score (nSPS) is 20.7. The summed E-state index contributed by atoms with van der Waals surface area (Å²) in [6.07, 6.45) is 8.04. The van der Waals surface area contributed by atoms with Crippen LogP contribution in [0.1, 0.15) is 25.7 Å². The van der Waals surface area contributed by atoms with Crippen LogP contribution in [-0.4, -0.2) is 73.0 Å². The largest absolute Gasteiger partial charge is 0.370 e. The first-order valence-electron chi connectivity index (χ1n) is 8.68. The number of hydrogen-bond donors (Lipinski definition) is 1. The number of sulfone groups is 1. The molecule has 1 aromatic rings. The molecule has 3 rings (SSSR count). The molecule has 2 N–H and O–H groups in total. The Kier molecular flexibility index (Phi) is 7.05. The Bertz CT molecular complexity index is 714. The van der Waals surface area contributed by atoms with E-state index in [0.29, 0.717) is 18.8 Å². The van der Waals surface area contributed by atoms with Gasteiger partial charge in [-0.3, -0.25) is 4.99 Å². The van der Waals surface area contributed by atoms with Gasteiger partial charge in [-0.05, 0) is 18.9 Å². The zero-order valence-corrected chi connectivity index (χ0v) is 18.2. The van der Waals surface area contributed by atoms with Crippen LogP contribution in [0.15, 0.2) is 23.5 Å². The van der Waals surface area contributed by atoms with Gasteiger partial charge in [0.05, 0.1) is 11.3 Å². The first-order valence-corrected chi connectivity index (χ1v) is 10.6. The standard InChI is InChI=1S/C16H26N6O2S.HI/c1-25(23,24)16(5-2-3-6-16)13-20-14(17)21-9-11-22(12-10-21)15-18-7-4-8-19-15;/h4,7-8H,2-3,5-6,9-13H2,1H3,(H2,17,20);1H. The van der Waals surface area contributed by atoms with E-state index in [-0.39, 0.29) is 30.5 Å². The summed E-state index contributed by atoms with van der Waals surface area (Å²) in [5, 5.41) is 0. The zero-order chi connectivity index (χ0) is 17.9. The van der Waals surface area contributed by atoms with Crippen molar-refractivity contribution in [3.8, 4) is 0 Å². The Morgan fingerprint density at radius 3 is 2.31 bits per heavy atom. The zero-order valence-electron chi connectivity index (χ0n) is 15.0. The lowest BCUT2D eigenvalue weighted by molar-refractivity contribution is 0.377. The van der Waals surface area contributed by atoms with Crippen LogP contribution in [0, 0.1) is 0 Å². The summed E-state index contributed by atoms with van der Waals surface area (Å²) in [7, 11) is -3.14. The van der Waals surface area contributed by atoms with Crippen LogP contribution in [0.2, 0.25) is 0 Å². The number of aliphatic imine (C=N–C) groups is 1. The van der Waals surface area contributed by atoms with E-state index in [1.807, 2.05) is 4.90 Å². The van der Waals surface area contributed by atoms with Gasteiger partial charge in [0.15, 0.2) is 15.8 Å². The smallest absolute Gasteiger partial charge is 0.225 e. The molecular weight excluding hydrogens is 467 g/mol. The van der Waals surface area contributed by atoms with E-state index in [1.165, 1.54) is 6.26 Å². The lowest BCUT2D eigenvalue weighted by Crippen LogP contribution is -2.52. The number of guanidine groups is 1. The third kappa shape index (κ3) is 4.56. The van der Waals surface area contributed by atoms with E-state index < -0.39 is 14.6 Å². The third-order valence-electron chi connectivity index (χ3n) is 5.27. The SMILES string of the molecule is CS(=O)(=O)C1(CN=C(N)N2CCN(c3ncccn3)CC2)CCCC1.I. The maximum atomic E-state index is 12.2. The molecule has 0 bridgehead atoms. The van der Waals surface area contributed by atoms with Crippen LogP contribution in [0.4, 0.5) is 5.95 Å². The van der Waals surface area contributed by atoms with Crippen molar-refractivity contribution in [1.82, 2.24) is 14.9 Å². The summed E-state index contributed by atoms with van der Waals surface area (Å²) in [5.41, 5.74) is 6.14. The number of nitrogens with zero attached hydrogens (tertiary/aromatic N) is 5. The molecule has 1 aromatic heterocycles. The number of piperazine rings is 1. The van der Waals surface area contributed by atoms with Gasteiger partial charge in [0.25, 0.3) is 0 Å². The molecule has 10 heteroatoms. The molecule has 2 fully saturated rings. The van der Waals surface area contributed by atoms with E-state index >= 15 is 0 Å². The molecule has 1 saturated heterocycles. The Morgan fingerprint density at radius 2 is 1.77 bits per heavy atom. The quantitative estimate of drug-likeness (QED) is 0.377. The van der Waals surface area contributed by atoms with Crippen molar-refractivity contribution >= 4 is 45.7 Å². The number of nitrogens with two attached hydrogens (primary N) is 1. The number of anilines is 1. The summed E-state index contributed by atoms with van der Waals surface area (Å²) in [6.45, 7) is 3.23. The molecule has 26 heavy (non-hydrogen) atoms. The van der Waals surface area contributed by atoms with Crippen molar-refractivity contribution < 1.29 is 8.42 Å². The predicted molar refractivity (Wildman–Crippen MR) is 114 cm³/mol.